The first kappa shape index (κ1) is 10.7. The second-order valence-corrected chi connectivity index (χ2v) is 5.94. The zero-order chi connectivity index (χ0) is 12.7. The molecule has 2 nitrogen and oxygen atoms in total. The maximum absolute atomic E-state index is 11.4. The topological polar surface area (TPSA) is 34.1 Å². The van der Waals surface area contributed by atoms with Crippen LogP contribution in [0.25, 0.3) is 0 Å². The molecule has 86 valence electrons. The minimum atomic E-state index is -3.34. The molecular weight excluding hydrogens is 220 g/mol. The number of rotatable bonds is 9. The third-order valence-corrected chi connectivity index (χ3v) is 3.87. The summed E-state index contributed by atoms with van der Waals surface area (Å²) in [6, 6.07) is 0. The lowest BCUT2D eigenvalue weighted by Crippen LogP contribution is -2.11. The van der Waals surface area contributed by atoms with Crippen molar-refractivity contribution in [2.75, 3.05) is 17.3 Å². The van der Waals surface area contributed by atoms with Crippen LogP contribution in [-0.2, 0) is 9.84 Å². The van der Waals surface area contributed by atoms with Crippen LogP contribution in [0, 0.1) is 0 Å². The lowest BCUT2D eigenvalue weighted by atomic mass is 10.1. The molecule has 0 aromatic heterocycles. The van der Waals surface area contributed by atoms with E-state index in [2.05, 4.69) is 6.92 Å². The van der Waals surface area contributed by atoms with Gasteiger partial charge in [-0.25, -0.2) is 8.42 Å². The zero-order valence-electron chi connectivity index (χ0n) is 10.8. The molecule has 0 rings (SSSR count). The molecule has 0 saturated heterocycles. The summed E-state index contributed by atoms with van der Waals surface area (Å²) in [4.78, 5) is 0. The van der Waals surface area contributed by atoms with Gasteiger partial charge in [-0.1, -0.05) is 39.0 Å². The van der Waals surface area contributed by atoms with Crippen LogP contribution in [0.5, 0.6) is 0 Å². The number of unbranched alkanes of at least 4 members (excludes halogenated alkanes) is 5. The molecule has 0 saturated carbocycles. The van der Waals surface area contributed by atoms with Gasteiger partial charge in [-0.2, -0.15) is 0 Å². The van der Waals surface area contributed by atoms with Crippen LogP contribution in [-0.4, -0.2) is 25.8 Å². The molecule has 0 aliphatic heterocycles. The molecule has 0 fully saturated rings. The van der Waals surface area contributed by atoms with E-state index in [9.17, 15) is 8.42 Å². The highest BCUT2D eigenvalue weighted by atomic mass is 35.5. The first-order valence-electron chi connectivity index (χ1n) is 6.16. The lowest BCUT2D eigenvalue weighted by molar-refractivity contribution is 0.585. The third kappa shape index (κ3) is 8.82. The Morgan fingerprint density at radius 1 is 1.07 bits per heavy atom. The average molecular weight is 243 g/mol. The Morgan fingerprint density at radius 3 is 2.21 bits per heavy atom. The van der Waals surface area contributed by atoms with Gasteiger partial charge in [-0.3, -0.25) is 0 Å². The molecule has 0 atom stereocenters. The number of hydrogen-bond acceptors (Lipinski definition) is 2. The van der Waals surface area contributed by atoms with E-state index in [0.29, 0.717) is 6.42 Å². The summed E-state index contributed by atoms with van der Waals surface area (Å²) < 4.78 is 36.8. The summed E-state index contributed by atoms with van der Waals surface area (Å²) in [6.45, 7) is 2.13. The molecule has 0 aliphatic rings. The van der Waals surface area contributed by atoms with Gasteiger partial charge in [0.15, 0.2) is 9.84 Å². The first-order chi connectivity index (χ1) is 7.27. The molecule has 0 spiro atoms. The van der Waals surface area contributed by atoms with E-state index in [-0.39, 0.29) is 5.75 Å². The molecule has 0 unspecified atom stereocenters. The van der Waals surface area contributed by atoms with Gasteiger partial charge in [-0.15, -0.1) is 11.6 Å². The summed E-state index contributed by atoms with van der Waals surface area (Å²) in [5.41, 5.74) is 0. The molecule has 0 amide bonds. The van der Waals surface area contributed by atoms with Crippen LogP contribution in [0.3, 0.4) is 0 Å². The van der Waals surface area contributed by atoms with Gasteiger partial charge in [0.1, 0.15) is 0 Å². The van der Waals surface area contributed by atoms with Crippen LogP contribution in [0.2, 0.25) is 0 Å². The van der Waals surface area contributed by atoms with Crippen molar-refractivity contribution >= 4 is 21.4 Å². The normalized spacial score (nSPS) is 15.0. The molecule has 0 bridgehead atoms. The SMILES string of the molecule is [2H]C([2H])(Cl)CS(=O)(=O)CCCCCCCC. The Bertz CT molecular complexity index is 273. The van der Waals surface area contributed by atoms with Crippen LogP contribution < -0.4 is 0 Å². The van der Waals surface area contributed by atoms with E-state index in [4.69, 9.17) is 14.3 Å². The molecule has 4 heteroatoms. The van der Waals surface area contributed by atoms with E-state index in [1.165, 1.54) is 12.8 Å². The lowest BCUT2D eigenvalue weighted by Gasteiger charge is -2.02. The Morgan fingerprint density at radius 2 is 1.64 bits per heavy atom. The quantitative estimate of drug-likeness (QED) is 0.460. The molecule has 0 aromatic rings. The van der Waals surface area contributed by atoms with Crippen molar-refractivity contribution in [2.24, 2.45) is 0 Å². The fraction of sp³-hybridized carbons (Fsp3) is 1.00. The summed E-state index contributed by atoms with van der Waals surface area (Å²) in [6.07, 6.45) is 6.06. The Kier molecular flexibility index (Phi) is 6.56. The molecule has 0 N–H and O–H groups in total. The summed E-state index contributed by atoms with van der Waals surface area (Å²) in [5, 5.41) is 0. The van der Waals surface area contributed by atoms with Gasteiger partial charge in [0, 0.05) is 8.57 Å². The molecule has 0 aliphatic carbocycles. The van der Waals surface area contributed by atoms with Gasteiger partial charge in [0.25, 0.3) is 0 Å². The van der Waals surface area contributed by atoms with E-state index in [1.807, 2.05) is 0 Å². The highest BCUT2D eigenvalue weighted by Gasteiger charge is 2.08. The van der Waals surface area contributed by atoms with Crippen LogP contribution in [0.15, 0.2) is 0 Å². The van der Waals surface area contributed by atoms with Crippen LogP contribution in [0.4, 0.5) is 0 Å². The first-order valence-corrected chi connectivity index (χ1v) is 7.36. The standard InChI is InChI=1S/C10H21ClO2S/c1-2-3-4-5-6-7-9-14(12,13)10-8-11/h2-10H2,1H3/i8D2. The maximum atomic E-state index is 11.4. The second kappa shape index (κ2) is 8.54. The number of alkyl halides is 1. The second-order valence-electron chi connectivity index (χ2n) is 3.49. The van der Waals surface area contributed by atoms with E-state index < -0.39 is 21.4 Å². The van der Waals surface area contributed by atoms with Crippen molar-refractivity contribution < 1.29 is 11.2 Å². The minimum absolute atomic E-state index is 0.0470. The van der Waals surface area contributed by atoms with Crippen LogP contribution in [0.1, 0.15) is 48.2 Å². The molecule has 0 heterocycles. The fourth-order valence-corrected chi connectivity index (χ4v) is 2.71. The smallest absolute Gasteiger partial charge is 0.151 e. The van der Waals surface area contributed by atoms with Crippen molar-refractivity contribution in [2.45, 2.75) is 45.4 Å². The number of halogens is 1. The van der Waals surface area contributed by atoms with Crippen molar-refractivity contribution in [3.63, 3.8) is 0 Å². The predicted octanol–water partition coefficient (Wildman–Crippen LogP) is 3.00. The zero-order valence-corrected chi connectivity index (χ0v) is 10.3. The van der Waals surface area contributed by atoms with Gasteiger partial charge in [0.05, 0.1) is 11.5 Å². The molecule has 0 radical (unpaired) electrons. The molecule has 0 aromatic carbocycles. The number of sulfone groups is 1. The van der Waals surface area contributed by atoms with Crippen molar-refractivity contribution in [1.29, 1.82) is 0 Å². The minimum Gasteiger partial charge on any atom is -0.229 e. The monoisotopic (exact) mass is 242 g/mol. The van der Waals surface area contributed by atoms with Gasteiger partial charge in [0.2, 0.25) is 0 Å². The van der Waals surface area contributed by atoms with Crippen molar-refractivity contribution in [3.8, 4) is 0 Å². The summed E-state index contributed by atoms with van der Waals surface area (Å²) in [7, 11) is -3.34. The summed E-state index contributed by atoms with van der Waals surface area (Å²) >= 11 is 5.25. The average Bonchev–Trinajstić information content (AvgIpc) is 2.06. The van der Waals surface area contributed by atoms with Crippen molar-refractivity contribution in [3.05, 3.63) is 0 Å². The Balaban J connectivity index is 3.68. The largest absolute Gasteiger partial charge is 0.229 e. The van der Waals surface area contributed by atoms with Gasteiger partial charge in [-0.05, 0) is 6.42 Å². The van der Waals surface area contributed by atoms with Gasteiger partial charge >= 0.3 is 0 Å². The molecule has 14 heavy (non-hydrogen) atoms. The molecular formula is C10H21ClO2S. The number of hydrogen-bond donors (Lipinski definition) is 0. The summed E-state index contributed by atoms with van der Waals surface area (Å²) in [5.74, 6) is -2.68. The van der Waals surface area contributed by atoms with Crippen LogP contribution >= 0.6 is 11.6 Å². The Labute approximate surface area is 95.8 Å². The predicted molar refractivity (Wildman–Crippen MR) is 62.7 cm³/mol. The fourth-order valence-electron chi connectivity index (χ4n) is 1.26. The van der Waals surface area contributed by atoms with E-state index in [0.717, 1.165) is 19.3 Å². The highest BCUT2D eigenvalue weighted by Crippen LogP contribution is 2.06. The Hall–Kier alpha value is 0.240. The van der Waals surface area contributed by atoms with E-state index in [1.54, 1.807) is 0 Å². The highest BCUT2D eigenvalue weighted by molar-refractivity contribution is 7.91. The van der Waals surface area contributed by atoms with Gasteiger partial charge < -0.3 is 0 Å². The van der Waals surface area contributed by atoms with E-state index >= 15 is 0 Å². The maximum Gasteiger partial charge on any atom is 0.151 e. The van der Waals surface area contributed by atoms with Crippen molar-refractivity contribution in [1.82, 2.24) is 0 Å². The third-order valence-electron chi connectivity index (χ3n) is 2.08.